The number of nitrogens with one attached hydrogen (secondary N) is 1. The van der Waals surface area contributed by atoms with E-state index in [9.17, 15) is 9.90 Å². The van der Waals surface area contributed by atoms with Gasteiger partial charge in [0.05, 0.1) is 18.3 Å². The third-order valence-corrected chi connectivity index (χ3v) is 2.95. The zero-order valence-corrected chi connectivity index (χ0v) is 9.30. The fourth-order valence-electron chi connectivity index (χ4n) is 1.89. The summed E-state index contributed by atoms with van der Waals surface area (Å²) in [5, 5.41) is 16.3. The van der Waals surface area contributed by atoms with Crippen molar-refractivity contribution in [2.45, 2.75) is 19.1 Å². The van der Waals surface area contributed by atoms with Crippen molar-refractivity contribution in [2.24, 2.45) is 0 Å². The van der Waals surface area contributed by atoms with Gasteiger partial charge in [-0.25, -0.2) is 0 Å². The van der Waals surface area contributed by atoms with Crippen molar-refractivity contribution in [1.29, 1.82) is 0 Å². The first-order valence-corrected chi connectivity index (χ1v) is 5.18. The van der Waals surface area contributed by atoms with Crippen molar-refractivity contribution in [3.63, 3.8) is 0 Å². The number of rotatable bonds is 2. The number of aliphatic hydroxyl groups excluding tert-OH is 1. The molecule has 2 rings (SSSR count). The van der Waals surface area contributed by atoms with Crippen LogP contribution in [0.15, 0.2) is 10.7 Å². The predicted octanol–water partition coefficient (Wildman–Crippen LogP) is -0.612. The van der Waals surface area contributed by atoms with Crippen LogP contribution in [0.3, 0.4) is 0 Å². The molecule has 1 aliphatic rings. The van der Waals surface area contributed by atoms with Crippen molar-refractivity contribution < 1.29 is 14.4 Å². The van der Waals surface area contributed by atoms with Crippen LogP contribution in [0.4, 0.5) is 0 Å². The van der Waals surface area contributed by atoms with Crippen LogP contribution in [0.2, 0.25) is 0 Å². The van der Waals surface area contributed by atoms with Gasteiger partial charge in [0.25, 0.3) is 5.91 Å². The number of aromatic nitrogens is 1. The first-order chi connectivity index (χ1) is 7.61. The van der Waals surface area contributed by atoms with Gasteiger partial charge in [-0.3, -0.25) is 4.79 Å². The molecule has 1 amide bonds. The third-order valence-electron chi connectivity index (χ3n) is 2.95. The van der Waals surface area contributed by atoms with Gasteiger partial charge in [-0.15, -0.1) is 0 Å². The number of hydrogen-bond donors (Lipinski definition) is 2. The van der Waals surface area contributed by atoms with Gasteiger partial charge >= 0.3 is 0 Å². The second kappa shape index (κ2) is 4.23. The Morgan fingerprint density at radius 1 is 1.69 bits per heavy atom. The van der Waals surface area contributed by atoms with Crippen LogP contribution in [0.1, 0.15) is 16.1 Å². The highest BCUT2D eigenvalue weighted by molar-refractivity contribution is 5.94. The lowest BCUT2D eigenvalue weighted by Crippen LogP contribution is -2.44. The van der Waals surface area contributed by atoms with E-state index >= 15 is 0 Å². The van der Waals surface area contributed by atoms with Gasteiger partial charge in [0.1, 0.15) is 11.3 Å². The normalized spacial score (nSPS) is 24.7. The van der Waals surface area contributed by atoms with E-state index < -0.39 is 6.10 Å². The Morgan fingerprint density at radius 3 is 2.94 bits per heavy atom. The second-order valence-electron chi connectivity index (χ2n) is 4.00. The smallest absolute Gasteiger partial charge is 0.259 e. The Hall–Kier alpha value is -1.40. The molecule has 1 aromatic heterocycles. The van der Waals surface area contributed by atoms with Crippen LogP contribution in [-0.4, -0.2) is 53.4 Å². The summed E-state index contributed by atoms with van der Waals surface area (Å²) in [6.07, 6.45) is 0.886. The molecule has 88 valence electrons. The highest BCUT2D eigenvalue weighted by Crippen LogP contribution is 2.14. The monoisotopic (exact) mass is 225 g/mol. The number of aliphatic hydroxyl groups is 1. The van der Waals surface area contributed by atoms with Crippen LogP contribution in [0, 0.1) is 6.92 Å². The number of likely N-dealkylation sites (N-methyl/N-ethyl adjacent to an activating group) is 1. The summed E-state index contributed by atoms with van der Waals surface area (Å²) in [6, 6.07) is -0.193. The number of amides is 1. The fraction of sp³-hybridized carbons (Fsp3) is 0.600. The van der Waals surface area contributed by atoms with Crippen molar-refractivity contribution in [1.82, 2.24) is 15.4 Å². The minimum atomic E-state index is -0.519. The molecule has 0 aromatic carbocycles. The average molecular weight is 225 g/mol. The molecule has 0 spiro atoms. The molecule has 1 aromatic rings. The lowest BCUT2D eigenvalue weighted by atomic mass is 10.1. The predicted molar refractivity (Wildman–Crippen MR) is 56.0 cm³/mol. The van der Waals surface area contributed by atoms with Crippen molar-refractivity contribution in [3.05, 3.63) is 17.5 Å². The van der Waals surface area contributed by atoms with Crippen LogP contribution in [-0.2, 0) is 0 Å². The van der Waals surface area contributed by atoms with Crippen LogP contribution < -0.4 is 5.32 Å². The zero-order valence-electron chi connectivity index (χ0n) is 9.30. The van der Waals surface area contributed by atoms with E-state index in [4.69, 9.17) is 4.52 Å². The molecule has 1 saturated heterocycles. The Kier molecular flexibility index (Phi) is 2.93. The molecular weight excluding hydrogens is 210 g/mol. The summed E-state index contributed by atoms with van der Waals surface area (Å²) in [6.45, 7) is 2.82. The molecule has 0 unspecified atom stereocenters. The third kappa shape index (κ3) is 1.81. The Morgan fingerprint density at radius 2 is 2.44 bits per heavy atom. The molecule has 2 N–H and O–H groups in total. The second-order valence-corrected chi connectivity index (χ2v) is 4.00. The van der Waals surface area contributed by atoms with Gasteiger partial charge < -0.3 is 19.8 Å². The molecule has 0 bridgehead atoms. The van der Waals surface area contributed by atoms with E-state index in [1.807, 2.05) is 0 Å². The Bertz CT molecular complexity index is 390. The first-order valence-electron chi connectivity index (χ1n) is 5.18. The lowest BCUT2D eigenvalue weighted by Gasteiger charge is -2.25. The van der Waals surface area contributed by atoms with Gasteiger partial charge in [0.2, 0.25) is 0 Å². The maximum atomic E-state index is 12.0. The van der Waals surface area contributed by atoms with E-state index in [1.165, 1.54) is 11.1 Å². The molecule has 16 heavy (non-hydrogen) atoms. The molecule has 6 nitrogen and oxygen atoms in total. The molecule has 0 aliphatic carbocycles. The van der Waals surface area contributed by atoms with Crippen LogP contribution >= 0.6 is 0 Å². The first kappa shape index (κ1) is 11.1. The number of hydrogen-bond acceptors (Lipinski definition) is 5. The number of carbonyl (C=O) groups is 1. The number of carbonyl (C=O) groups excluding carboxylic acids is 1. The molecule has 1 fully saturated rings. The Balaban J connectivity index is 2.13. The summed E-state index contributed by atoms with van der Waals surface area (Å²) < 4.78 is 4.85. The average Bonchev–Trinajstić information content (AvgIpc) is 2.85. The lowest BCUT2D eigenvalue weighted by molar-refractivity contribution is 0.0579. The molecule has 6 heteroatoms. The Labute approximate surface area is 93.2 Å². The van der Waals surface area contributed by atoms with Gasteiger partial charge in [0.15, 0.2) is 0 Å². The number of β-amino-alcohol motifs (C(OH)–C–C–N with tert-alkyl or cyclic N) is 1. The van der Waals surface area contributed by atoms with Gasteiger partial charge in [-0.1, -0.05) is 5.16 Å². The largest absolute Gasteiger partial charge is 0.390 e. The topological polar surface area (TPSA) is 78.6 Å². The van der Waals surface area contributed by atoms with Crippen molar-refractivity contribution in [3.8, 4) is 0 Å². The molecule has 2 atom stereocenters. The summed E-state index contributed by atoms with van der Waals surface area (Å²) in [4.78, 5) is 13.6. The van der Waals surface area contributed by atoms with E-state index in [2.05, 4.69) is 10.5 Å². The van der Waals surface area contributed by atoms with Crippen LogP contribution in [0.25, 0.3) is 0 Å². The molecule has 0 radical (unpaired) electrons. The van der Waals surface area contributed by atoms with Crippen molar-refractivity contribution in [2.75, 3.05) is 20.1 Å². The SMILES string of the molecule is Cc1oncc1C(=O)N(C)[C@@H]1CNC[C@H]1O. The van der Waals surface area contributed by atoms with Gasteiger partial charge in [-0.2, -0.15) is 0 Å². The summed E-state index contributed by atoms with van der Waals surface area (Å²) in [5.74, 6) is 0.323. The quantitative estimate of drug-likeness (QED) is 0.702. The highest BCUT2D eigenvalue weighted by atomic mass is 16.5. The van der Waals surface area contributed by atoms with E-state index in [0.29, 0.717) is 24.4 Å². The molecule has 1 aliphatic heterocycles. The van der Waals surface area contributed by atoms with E-state index in [0.717, 1.165) is 0 Å². The van der Waals surface area contributed by atoms with Crippen molar-refractivity contribution >= 4 is 5.91 Å². The molecule has 2 heterocycles. The summed E-state index contributed by atoms with van der Waals surface area (Å²) >= 11 is 0. The minimum absolute atomic E-state index is 0.175. The fourth-order valence-corrected chi connectivity index (χ4v) is 1.89. The van der Waals surface area contributed by atoms with Gasteiger partial charge in [-0.05, 0) is 6.92 Å². The number of nitrogens with zero attached hydrogens (tertiary/aromatic N) is 2. The zero-order chi connectivity index (χ0) is 11.7. The molecular formula is C10H15N3O3. The van der Waals surface area contributed by atoms with Gasteiger partial charge in [0, 0.05) is 20.1 Å². The summed E-state index contributed by atoms with van der Waals surface area (Å²) in [7, 11) is 1.68. The molecule has 0 saturated carbocycles. The maximum absolute atomic E-state index is 12.0. The highest BCUT2D eigenvalue weighted by Gasteiger charge is 2.32. The minimum Gasteiger partial charge on any atom is -0.390 e. The van der Waals surface area contributed by atoms with E-state index in [-0.39, 0.29) is 11.9 Å². The van der Waals surface area contributed by atoms with Crippen LogP contribution in [0.5, 0.6) is 0 Å². The number of aryl methyl sites for hydroxylation is 1. The van der Waals surface area contributed by atoms with E-state index in [1.54, 1.807) is 14.0 Å². The maximum Gasteiger partial charge on any atom is 0.259 e. The summed E-state index contributed by atoms with van der Waals surface area (Å²) in [5.41, 5.74) is 0.446. The standard InChI is InChI=1S/C10H15N3O3/c1-6-7(3-12-16-6)10(15)13(2)8-4-11-5-9(8)14/h3,8-9,11,14H,4-5H2,1-2H3/t8-,9-/m1/s1.